The predicted molar refractivity (Wildman–Crippen MR) is 110 cm³/mol. The Balaban J connectivity index is 0.00000155. The average Bonchev–Trinajstić information content (AvgIpc) is 3.34. The Hall–Kier alpha value is -2.53. The molecule has 0 amide bonds. The second-order valence-electron chi connectivity index (χ2n) is 5.78. The van der Waals surface area contributed by atoms with Crippen LogP contribution in [0, 0.1) is 0 Å². The van der Waals surface area contributed by atoms with Gasteiger partial charge in [0.2, 0.25) is 10.0 Å². The van der Waals surface area contributed by atoms with Gasteiger partial charge in [-0.25, -0.2) is 8.42 Å². The number of aryl methyl sites for hydroxylation is 1. The maximum Gasteiger partial charge on any atom is 0.314 e. The number of rotatable bonds is 7. The molecule has 2 heterocycles. The number of aromatic nitrogens is 4. The summed E-state index contributed by atoms with van der Waals surface area (Å²) in [5.41, 5.74) is 1.05. The summed E-state index contributed by atoms with van der Waals surface area (Å²) in [6.07, 6.45) is -2.89. The molecule has 0 saturated heterocycles. The highest BCUT2D eigenvalue weighted by Crippen LogP contribution is 2.27. The summed E-state index contributed by atoms with van der Waals surface area (Å²) in [4.78, 5) is 0. The van der Waals surface area contributed by atoms with Crippen LogP contribution in [0.25, 0.3) is 11.6 Å². The number of benzene rings is 1. The zero-order chi connectivity index (χ0) is 22.5. The lowest BCUT2D eigenvalue weighted by atomic mass is 10.3. The van der Waals surface area contributed by atoms with E-state index in [1.54, 1.807) is 31.3 Å². The van der Waals surface area contributed by atoms with Gasteiger partial charge in [-0.05, 0) is 31.2 Å². The number of halogens is 3. The summed E-state index contributed by atoms with van der Waals surface area (Å²) in [6, 6.07) is 7.96. The molecule has 2 aromatic heterocycles. The van der Waals surface area contributed by atoms with Crippen molar-refractivity contribution in [1.29, 1.82) is 0 Å². The summed E-state index contributed by atoms with van der Waals surface area (Å²) in [7, 11) is -2.03. The van der Waals surface area contributed by atoms with E-state index in [9.17, 15) is 17.2 Å². The molecule has 0 unspecified atom stereocenters. The molecule has 0 aliphatic heterocycles. The Bertz CT molecular complexity index is 1090. The standard InChI is InChI=1S/C16H16ClF2N5O3S.C2H6/c1-3-28(25,26)24(11-6-4-5-10(17)7-11)9-12-8-13(22-23(12)2)15-20-21-16(27-15)14(18)19;1-2/h4-8,14H,3,9H2,1-2H3;1-2H3. The molecule has 0 atom stereocenters. The average molecular weight is 462 g/mol. The number of anilines is 1. The lowest BCUT2D eigenvalue weighted by molar-refractivity contribution is 0.116. The highest BCUT2D eigenvalue weighted by Gasteiger charge is 2.24. The highest BCUT2D eigenvalue weighted by molar-refractivity contribution is 7.92. The minimum atomic E-state index is -3.62. The van der Waals surface area contributed by atoms with E-state index in [0.29, 0.717) is 16.4 Å². The van der Waals surface area contributed by atoms with E-state index < -0.39 is 22.3 Å². The zero-order valence-electron chi connectivity index (χ0n) is 16.9. The van der Waals surface area contributed by atoms with Gasteiger partial charge in [-0.15, -0.1) is 10.2 Å². The number of hydrogen-bond acceptors (Lipinski definition) is 6. The van der Waals surface area contributed by atoms with Crippen LogP contribution in [0.1, 0.15) is 38.8 Å². The summed E-state index contributed by atoms with van der Waals surface area (Å²) >= 11 is 6.00. The molecule has 12 heteroatoms. The maximum absolute atomic E-state index is 12.6. The van der Waals surface area contributed by atoms with Crippen LogP contribution in [-0.2, 0) is 23.6 Å². The number of alkyl halides is 2. The van der Waals surface area contributed by atoms with Gasteiger partial charge in [-0.3, -0.25) is 8.99 Å². The summed E-state index contributed by atoms with van der Waals surface area (Å²) in [5, 5.41) is 11.4. The molecule has 0 aliphatic rings. The third kappa shape index (κ3) is 5.33. The van der Waals surface area contributed by atoms with Crippen LogP contribution in [0.5, 0.6) is 0 Å². The molecule has 0 radical (unpaired) electrons. The largest absolute Gasteiger partial charge is 0.413 e. The molecular formula is C18H22ClF2N5O3S. The van der Waals surface area contributed by atoms with Crippen LogP contribution >= 0.6 is 11.6 Å². The van der Waals surface area contributed by atoms with E-state index in [4.69, 9.17) is 16.0 Å². The van der Waals surface area contributed by atoms with E-state index in [0.717, 1.165) is 0 Å². The first-order valence-electron chi connectivity index (χ1n) is 9.12. The van der Waals surface area contributed by atoms with Crippen molar-refractivity contribution in [2.24, 2.45) is 7.05 Å². The Morgan fingerprint density at radius 2 is 1.93 bits per heavy atom. The van der Waals surface area contributed by atoms with Crippen molar-refractivity contribution < 1.29 is 21.6 Å². The normalized spacial score (nSPS) is 11.3. The van der Waals surface area contributed by atoms with Crippen LogP contribution in [0.15, 0.2) is 34.7 Å². The number of hydrogen-bond donors (Lipinski definition) is 0. The van der Waals surface area contributed by atoms with E-state index in [2.05, 4.69) is 15.3 Å². The summed E-state index contributed by atoms with van der Waals surface area (Å²) < 4.78 is 58.0. The minimum Gasteiger partial charge on any atom is -0.413 e. The fourth-order valence-corrected chi connectivity index (χ4v) is 3.73. The third-order valence-corrected chi connectivity index (χ3v) is 5.90. The fourth-order valence-electron chi connectivity index (χ4n) is 2.47. The Labute approximate surface area is 178 Å². The van der Waals surface area contributed by atoms with Crippen LogP contribution in [0.4, 0.5) is 14.5 Å². The van der Waals surface area contributed by atoms with Gasteiger partial charge < -0.3 is 4.42 Å². The van der Waals surface area contributed by atoms with Gasteiger partial charge in [0.25, 0.3) is 11.8 Å². The number of nitrogens with zero attached hydrogens (tertiary/aromatic N) is 5. The smallest absolute Gasteiger partial charge is 0.314 e. The van der Waals surface area contributed by atoms with Gasteiger partial charge >= 0.3 is 6.43 Å². The molecule has 0 N–H and O–H groups in total. The molecule has 0 fully saturated rings. The second kappa shape index (κ2) is 9.98. The molecule has 8 nitrogen and oxygen atoms in total. The van der Waals surface area contributed by atoms with Crippen molar-refractivity contribution >= 4 is 27.3 Å². The predicted octanol–water partition coefficient (Wildman–Crippen LogP) is 4.44. The quantitative estimate of drug-likeness (QED) is 0.516. The monoisotopic (exact) mass is 461 g/mol. The summed E-state index contributed by atoms with van der Waals surface area (Å²) in [5.74, 6) is -1.10. The van der Waals surface area contributed by atoms with Crippen LogP contribution in [-0.4, -0.2) is 34.1 Å². The van der Waals surface area contributed by atoms with Crippen molar-refractivity contribution in [3.8, 4) is 11.6 Å². The van der Waals surface area contributed by atoms with Gasteiger partial charge in [0.05, 0.1) is 23.7 Å². The van der Waals surface area contributed by atoms with E-state index in [1.165, 1.54) is 22.0 Å². The van der Waals surface area contributed by atoms with Crippen molar-refractivity contribution in [2.45, 2.75) is 33.7 Å². The number of sulfonamides is 1. The topological polar surface area (TPSA) is 94.1 Å². The third-order valence-electron chi connectivity index (χ3n) is 3.93. The van der Waals surface area contributed by atoms with Crippen molar-refractivity contribution in [3.63, 3.8) is 0 Å². The Morgan fingerprint density at radius 3 is 2.50 bits per heavy atom. The molecule has 1 aromatic carbocycles. The molecule has 0 bridgehead atoms. The first kappa shape index (κ1) is 23.7. The molecule has 0 saturated carbocycles. The Kier molecular flexibility index (Phi) is 7.90. The SMILES string of the molecule is CC.CCS(=O)(=O)N(Cc1cc(-c2nnc(C(F)F)o2)nn1C)c1cccc(Cl)c1. The molecular weight excluding hydrogens is 440 g/mol. The van der Waals surface area contributed by atoms with Crippen molar-refractivity contribution in [2.75, 3.05) is 10.1 Å². The zero-order valence-corrected chi connectivity index (χ0v) is 18.5. The molecule has 3 aromatic rings. The maximum atomic E-state index is 12.6. The first-order chi connectivity index (χ1) is 14.2. The highest BCUT2D eigenvalue weighted by atomic mass is 35.5. The van der Waals surface area contributed by atoms with E-state index in [-0.39, 0.29) is 23.9 Å². The van der Waals surface area contributed by atoms with Gasteiger partial charge in [0.1, 0.15) is 5.69 Å². The Morgan fingerprint density at radius 1 is 1.23 bits per heavy atom. The molecule has 0 aliphatic carbocycles. The minimum absolute atomic E-state index is 0.0458. The molecule has 30 heavy (non-hydrogen) atoms. The van der Waals surface area contributed by atoms with E-state index in [1.807, 2.05) is 13.8 Å². The fraction of sp³-hybridized carbons (Fsp3) is 0.389. The molecule has 0 spiro atoms. The molecule has 3 rings (SSSR count). The van der Waals surface area contributed by atoms with Crippen LogP contribution in [0.3, 0.4) is 0 Å². The van der Waals surface area contributed by atoms with Crippen molar-refractivity contribution in [1.82, 2.24) is 20.0 Å². The van der Waals surface area contributed by atoms with Crippen LogP contribution in [0.2, 0.25) is 5.02 Å². The van der Waals surface area contributed by atoms with Crippen LogP contribution < -0.4 is 4.31 Å². The lowest BCUT2D eigenvalue weighted by Crippen LogP contribution is -2.32. The van der Waals surface area contributed by atoms with Gasteiger partial charge in [0.15, 0.2) is 0 Å². The van der Waals surface area contributed by atoms with Gasteiger partial charge in [-0.1, -0.05) is 31.5 Å². The lowest BCUT2D eigenvalue weighted by Gasteiger charge is -2.24. The van der Waals surface area contributed by atoms with Crippen molar-refractivity contribution in [3.05, 3.63) is 46.9 Å². The summed E-state index contributed by atoms with van der Waals surface area (Å²) in [6.45, 7) is 5.49. The van der Waals surface area contributed by atoms with Gasteiger partial charge in [0, 0.05) is 12.1 Å². The second-order valence-corrected chi connectivity index (χ2v) is 8.40. The first-order valence-corrected chi connectivity index (χ1v) is 11.1. The molecule has 164 valence electrons. The van der Waals surface area contributed by atoms with E-state index >= 15 is 0 Å². The van der Waals surface area contributed by atoms with Gasteiger partial charge in [-0.2, -0.15) is 13.9 Å².